The third-order valence-electron chi connectivity index (χ3n) is 2.83. The lowest BCUT2D eigenvalue weighted by Gasteiger charge is -1.97. The molecule has 0 amide bonds. The fourth-order valence-electron chi connectivity index (χ4n) is 1.70. The minimum Gasteiger partial charge on any atom is -0.289 e. The summed E-state index contributed by atoms with van der Waals surface area (Å²) in [5.74, 6) is -0.0417. The third-order valence-corrected chi connectivity index (χ3v) is 2.83. The Balaban J connectivity index is 2.10. The van der Waals surface area contributed by atoms with Crippen molar-refractivity contribution in [3.8, 4) is 0 Å². The average molecular weight is 263 g/mol. The molecule has 0 aliphatic rings. The highest BCUT2D eigenvalue weighted by molar-refractivity contribution is 6.06. The molecule has 98 valence electrons. The van der Waals surface area contributed by atoms with Crippen LogP contribution in [0.25, 0.3) is 6.08 Å². The Morgan fingerprint density at radius 1 is 1.05 bits per heavy atom. The van der Waals surface area contributed by atoms with Crippen LogP contribution in [0.1, 0.15) is 21.5 Å². The first kappa shape index (κ1) is 13.7. The van der Waals surface area contributed by atoms with Gasteiger partial charge in [-0.1, -0.05) is 48.0 Å². The van der Waals surface area contributed by atoms with E-state index in [9.17, 15) is 9.59 Å². The summed E-state index contributed by atoms with van der Waals surface area (Å²) in [5, 5.41) is 0. The zero-order valence-corrected chi connectivity index (χ0v) is 11.0. The van der Waals surface area contributed by atoms with Gasteiger partial charge in [-0.25, -0.2) is 4.79 Å². The number of hydrogen-bond acceptors (Lipinski definition) is 3. The van der Waals surface area contributed by atoms with Crippen molar-refractivity contribution in [3.63, 3.8) is 0 Å². The smallest absolute Gasteiger partial charge is 0.240 e. The summed E-state index contributed by atoms with van der Waals surface area (Å²) in [7, 11) is 0. The van der Waals surface area contributed by atoms with Crippen LogP contribution in [0.4, 0.5) is 5.69 Å². The van der Waals surface area contributed by atoms with Crippen LogP contribution in [0.2, 0.25) is 0 Å². The second-order valence-electron chi connectivity index (χ2n) is 4.36. The van der Waals surface area contributed by atoms with Crippen molar-refractivity contribution in [2.75, 3.05) is 0 Å². The molecule has 0 heterocycles. The molecule has 0 saturated heterocycles. The Morgan fingerprint density at radius 3 is 2.30 bits per heavy atom. The first-order chi connectivity index (χ1) is 9.69. The second-order valence-corrected chi connectivity index (χ2v) is 4.36. The molecule has 0 unspecified atom stereocenters. The van der Waals surface area contributed by atoms with E-state index in [1.165, 1.54) is 12.2 Å². The SMILES string of the molecule is Cc1ccc(C(=O)/C=C/c2ccc(N=C=O)cc2)cc1. The van der Waals surface area contributed by atoms with Gasteiger partial charge in [0.05, 0.1) is 5.69 Å². The Morgan fingerprint density at radius 2 is 1.70 bits per heavy atom. The second kappa shape index (κ2) is 6.41. The number of carbonyl (C=O) groups excluding carboxylic acids is 2. The fourth-order valence-corrected chi connectivity index (χ4v) is 1.70. The first-order valence-electron chi connectivity index (χ1n) is 6.16. The molecular weight excluding hydrogens is 250 g/mol. The summed E-state index contributed by atoms with van der Waals surface area (Å²) in [6.07, 6.45) is 4.75. The standard InChI is InChI=1S/C17H13NO2/c1-13-2-7-15(8-3-13)17(20)11-6-14-4-9-16(10-5-14)18-12-19/h2-11H,1H3/b11-6+. The zero-order valence-electron chi connectivity index (χ0n) is 11.0. The van der Waals surface area contributed by atoms with Crippen molar-refractivity contribution < 1.29 is 9.59 Å². The third kappa shape index (κ3) is 3.61. The number of rotatable bonds is 4. The maximum atomic E-state index is 11.9. The molecule has 0 aromatic heterocycles. The monoisotopic (exact) mass is 263 g/mol. The molecule has 0 N–H and O–H groups in total. The van der Waals surface area contributed by atoms with E-state index in [1.807, 2.05) is 31.2 Å². The quantitative estimate of drug-likeness (QED) is 0.364. The van der Waals surface area contributed by atoms with Gasteiger partial charge in [0.2, 0.25) is 6.08 Å². The van der Waals surface area contributed by atoms with Gasteiger partial charge in [-0.2, -0.15) is 4.99 Å². The van der Waals surface area contributed by atoms with Gasteiger partial charge in [0, 0.05) is 5.56 Å². The van der Waals surface area contributed by atoms with E-state index in [0.29, 0.717) is 11.3 Å². The number of nitrogens with zero attached hydrogens (tertiary/aromatic N) is 1. The van der Waals surface area contributed by atoms with Gasteiger partial charge < -0.3 is 0 Å². The Kier molecular flexibility index (Phi) is 4.38. The van der Waals surface area contributed by atoms with Gasteiger partial charge in [-0.3, -0.25) is 4.79 Å². The molecule has 2 rings (SSSR count). The van der Waals surface area contributed by atoms with Crippen LogP contribution in [-0.2, 0) is 4.79 Å². The van der Waals surface area contributed by atoms with Crippen LogP contribution >= 0.6 is 0 Å². The average Bonchev–Trinajstić information content (AvgIpc) is 2.47. The van der Waals surface area contributed by atoms with E-state index >= 15 is 0 Å². The van der Waals surface area contributed by atoms with E-state index in [-0.39, 0.29) is 5.78 Å². The molecule has 0 fully saturated rings. The molecule has 0 saturated carbocycles. The number of aryl methyl sites for hydroxylation is 1. The van der Waals surface area contributed by atoms with Crippen LogP contribution in [-0.4, -0.2) is 11.9 Å². The zero-order chi connectivity index (χ0) is 14.4. The van der Waals surface area contributed by atoms with Crippen molar-refractivity contribution >= 4 is 23.6 Å². The molecule has 3 nitrogen and oxygen atoms in total. The predicted octanol–water partition coefficient (Wildman–Crippen LogP) is 3.86. The lowest BCUT2D eigenvalue weighted by Crippen LogP contribution is -1.93. The topological polar surface area (TPSA) is 46.5 Å². The number of carbonyl (C=O) groups is 1. The maximum Gasteiger partial charge on any atom is 0.240 e. The number of aliphatic imine (C=N–C) groups is 1. The molecule has 2 aromatic rings. The van der Waals surface area contributed by atoms with E-state index in [0.717, 1.165) is 11.1 Å². The van der Waals surface area contributed by atoms with Gasteiger partial charge in [0.25, 0.3) is 0 Å². The molecule has 2 aromatic carbocycles. The van der Waals surface area contributed by atoms with Crippen molar-refractivity contribution in [2.45, 2.75) is 6.92 Å². The van der Waals surface area contributed by atoms with E-state index < -0.39 is 0 Å². The lowest BCUT2D eigenvalue weighted by atomic mass is 10.1. The number of hydrogen-bond donors (Lipinski definition) is 0. The highest BCUT2D eigenvalue weighted by atomic mass is 16.1. The van der Waals surface area contributed by atoms with Gasteiger partial charge in [0.15, 0.2) is 5.78 Å². The molecule has 0 bridgehead atoms. The highest BCUT2D eigenvalue weighted by Gasteiger charge is 2.00. The minimum absolute atomic E-state index is 0.0417. The van der Waals surface area contributed by atoms with Crippen LogP contribution in [0.5, 0.6) is 0 Å². The molecular formula is C17H13NO2. The Labute approximate surface area is 117 Å². The van der Waals surface area contributed by atoms with Crippen molar-refractivity contribution in [1.82, 2.24) is 0 Å². The summed E-state index contributed by atoms with van der Waals surface area (Å²) >= 11 is 0. The van der Waals surface area contributed by atoms with Gasteiger partial charge in [-0.15, -0.1) is 0 Å². The van der Waals surface area contributed by atoms with Crippen LogP contribution in [0, 0.1) is 6.92 Å². The van der Waals surface area contributed by atoms with Gasteiger partial charge in [0.1, 0.15) is 0 Å². The number of allylic oxidation sites excluding steroid dienone is 1. The summed E-state index contributed by atoms with van der Waals surface area (Å²) in [5.41, 5.74) is 3.20. The number of benzene rings is 2. The van der Waals surface area contributed by atoms with Crippen molar-refractivity contribution in [2.24, 2.45) is 4.99 Å². The molecule has 3 heteroatoms. The normalized spacial score (nSPS) is 10.2. The molecule has 20 heavy (non-hydrogen) atoms. The Hall–Kier alpha value is -2.77. The molecule has 0 radical (unpaired) electrons. The molecule has 0 spiro atoms. The van der Waals surface area contributed by atoms with Crippen LogP contribution in [0.15, 0.2) is 59.6 Å². The molecule has 0 aliphatic carbocycles. The van der Waals surface area contributed by atoms with Crippen LogP contribution in [0.3, 0.4) is 0 Å². The molecule has 0 atom stereocenters. The van der Waals surface area contributed by atoms with E-state index in [4.69, 9.17) is 0 Å². The van der Waals surface area contributed by atoms with Gasteiger partial charge >= 0.3 is 0 Å². The number of ketones is 1. The summed E-state index contributed by atoms with van der Waals surface area (Å²) < 4.78 is 0. The van der Waals surface area contributed by atoms with Gasteiger partial charge in [-0.05, 0) is 30.7 Å². The lowest BCUT2D eigenvalue weighted by molar-refractivity contribution is 0.104. The summed E-state index contributed by atoms with van der Waals surface area (Å²) in [6.45, 7) is 1.98. The summed E-state index contributed by atoms with van der Waals surface area (Å²) in [4.78, 5) is 25.5. The van der Waals surface area contributed by atoms with E-state index in [2.05, 4.69) is 4.99 Å². The minimum atomic E-state index is -0.0417. The number of isocyanates is 1. The Bertz CT molecular complexity index is 676. The summed E-state index contributed by atoms with van der Waals surface area (Å²) in [6, 6.07) is 14.4. The fraction of sp³-hybridized carbons (Fsp3) is 0.0588. The maximum absolute atomic E-state index is 11.9. The van der Waals surface area contributed by atoms with Crippen molar-refractivity contribution in [1.29, 1.82) is 0 Å². The molecule has 0 aliphatic heterocycles. The highest BCUT2D eigenvalue weighted by Crippen LogP contribution is 2.13. The first-order valence-corrected chi connectivity index (χ1v) is 6.16. The van der Waals surface area contributed by atoms with Crippen molar-refractivity contribution in [3.05, 3.63) is 71.3 Å². The largest absolute Gasteiger partial charge is 0.289 e. The van der Waals surface area contributed by atoms with E-state index in [1.54, 1.807) is 30.3 Å². The predicted molar refractivity (Wildman–Crippen MR) is 78.8 cm³/mol. The van der Waals surface area contributed by atoms with Crippen LogP contribution < -0.4 is 0 Å².